The Morgan fingerprint density at radius 1 is 1.40 bits per heavy atom. The maximum absolute atomic E-state index is 12.2. The number of carbonyl (C=O) groups excluding carboxylic acids is 1. The molecule has 0 bridgehead atoms. The van der Waals surface area contributed by atoms with Gasteiger partial charge in [0.1, 0.15) is 0 Å². The van der Waals surface area contributed by atoms with Crippen LogP contribution < -0.4 is 5.32 Å². The van der Waals surface area contributed by atoms with Gasteiger partial charge in [-0.15, -0.1) is 11.3 Å². The van der Waals surface area contributed by atoms with E-state index in [1.54, 1.807) is 19.2 Å². The summed E-state index contributed by atoms with van der Waals surface area (Å²) >= 11 is 1.29. The molecule has 3 N–H and O–H groups in total. The first-order valence-corrected chi connectivity index (χ1v) is 6.89. The molecule has 106 valence electrons. The first kappa shape index (κ1) is 14.3. The van der Waals surface area contributed by atoms with Crippen molar-refractivity contribution in [1.29, 1.82) is 0 Å². The van der Waals surface area contributed by atoms with Crippen molar-refractivity contribution >= 4 is 23.2 Å². The molecule has 0 saturated heterocycles. The zero-order valence-corrected chi connectivity index (χ0v) is 12.2. The average Bonchev–Trinajstić information content (AvgIpc) is 2.93. The second-order valence-electron chi connectivity index (χ2n) is 4.53. The van der Waals surface area contributed by atoms with Gasteiger partial charge in [-0.05, 0) is 37.8 Å². The number of nitrogens with zero attached hydrogens (tertiary/aromatic N) is 1. The predicted molar refractivity (Wildman–Crippen MR) is 75.0 cm³/mol. The number of aromatic nitrogens is 2. The lowest BCUT2D eigenvalue weighted by Gasteiger charge is -2.15. The van der Waals surface area contributed by atoms with Crippen molar-refractivity contribution in [2.45, 2.75) is 26.8 Å². The zero-order chi connectivity index (χ0) is 14.9. The van der Waals surface area contributed by atoms with Crippen molar-refractivity contribution in [3.8, 4) is 0 Å². The SMILES string of the molecule is Cc1ccsc1C(=O)N[C@H](C(=O)O)c1c(C)n[nH]c1C. The van der Waals surface area contributed by atoms with Gasteiger partial charge in [-0.3, -0.25) is 9.89 Å². The van der Waals surface area contributed by atoms with Crippen LogP contribution in [0.5, 0.6) is 0 Å². The van der Waals surface area contributed by atoms with Gasteiger partial charge in [0.25, 0.3) is 5.91 Å². The third-order valence-electron chi connectivity index (χ3n) is 3.06. The zero-order valence-electron chi connectivity index (χ0n) is 11.4. The fraction of sp³-hybridized carbons (Fsp3) is 0.308. The number of amides is 1. The van der Waals surface area contributed by atoms with Crippen molar-refractivity contribution in [2.24, 2.45) is 0 Å². The fourth-order valence-electron chi connectivity index (χ4n) is 2.04. The number of aliphatic carboxylic acids is 1. The summed E-state index contributed by atoms with van der Waals surface area (Å²) in [5.74, 6) is -1.50. The maximum Gasteiger partial charge on any atom is 0.331 e. The van der Waals surface area contributed by atoms with Crippen LogP contribution in [-0.2, 0) is 4.79 Å². The largest absolute Gasteiger partial charge is 0.479 e. The second-order valence-corrected chi connectivity index (χ2v) is 5.44. The molecule has 0 aliphatic rings. The number of carboxylic acid groups (broad SMARTS) is 1. The molecule has 0 spiro atoms. The van der Waals surface area contributed by atoms with Gasteiger partial charge in [-0.1, -0.05) is 0 Å². The van der Waals surface area contributed by atoms with E-state index in [1.807, 2.05) is 13.0 Å². The van der Waals surface area contributed by atoms with Crippen molar-refractivity contribution in [3.05, 3.63) is 38.8 Å². The van der Waals surface area contributed by atoms with Crippen molar-refractivity contribution < 1.29 is 14.7 Å². The summed E-state index contributed by atoms with van der Waals surface area (Å²) in [6.07, 6.45) is 0. The third-order valence-corrected chi connectivity index (χ3v) is 4.08. The number of H-pyrrole nitrogens is 1. The van der Waals surface area contributed by atoms with E-state index in [0.717, 1.165) is 5.56 Å². The van der Waals surface area contributed by atoms with E-state index in [-0.39, 0.29) is 5.91 Å². The molecule has 0 aromatic carbocycles. The number of carboxylic acids is 1. The molecule has 2 aromatic rings. The van der Waals surface area contributed by atoms with E-state index in [0.29, 0.717) is 21.8 Å². The van der Waals surface area contributed by atoms with Crippen LogP contribution in [0, 0.1) is 20.8 Å². The van der Waals surface area contributed by atoms with Crippen LogP contribution in [0.25, 0.3) is 0 Å². The van der Waals surface area contributed by atoms with Gasteiger partial charge in [-0.25, -0.2) is 4.79 Å². The number of carbonyl (C=O) groups is 2. The molecule has 2 rings (SSSR count). The third kappa shape index (κ3) is 2.57. The van der Waals surface area contributed by atoms with Crippen molar-refractivity contribution in [1.82, 2.24) is 15.5 Å². The monoisotopic (exact) mass is 293 g/mol. The van der Waals surface area contributed by atoms with E-state index in [2.05, 4.69) is 15.5 Å². The first-order chi connectivity index (χ1) is 9.41. The van der Waals surface area contributed by atoms with Gasteiger partial charge in [0.05, 0.1) is 10.6 Å². The van der Waals surface area contributed by atoms with Crippen LogP contribution in [0.15, 0.2) is 11.4 Å². The highest BCUT2D eigenvalue weighted by atomic mass is 32.1. The molecule has 0 aliphatic heterocycles. The minimum atomic E-state index is -1.11. The Bertz CT molecular complexity index is 640. The molecule has 0 unspecified atom stereocenters. The van der Waals surface area contributed by atoms with Crippen LogP contribution >= 0.6 is 11.3 Å². The van der Waals surface area contributed by atoms with Gasteiger partial charge < -0.3 is 10.4 Å². The molecule has 1 atom stereocenters. The van der Waals surface area contributed by atoms with E-state index in [1.165, 1.54) is 11.3 Å². The fourth-order valence-corrected chi connectivity index (χ4v) is 2.87. The summed E-state index contributed by atoms with van der Waals surface area (Å²) in [4.78, 5) is 24.1. The standard InChI is InChI=1S/C13H15N3O3S/c1-6-4-5-20-11(6)12(17)14-10(13(18)19)9-7(2)15-16-8(9)3/h4-5,10H,1-3H3,(H,14,17)(H,15,16)(H,18,19)/t10-/m0/s1. The molecule has 1 amide bonds. The molecule has 0 saturated carbocycles. The lowest BCUT2D eigenvalue weighted by molar-refractivity contribution is -0.139. The number of aryl methyl sites for hydroxylation is 3. The molecular formula is C13H15N3O3S. The van der Waals surface area contributed by atoms with E-state index >= 15 is 0 Å². The highest BCUT2D eigenvalue weighted by molar-refractivity contribution is 7.12. The minimum Gasteiger partial charge on any atom is -0.479 e. The van der Waals surface area contributed by atoms with Crippen LogP contribution in [0.2, 0.25) is 0 Å². The van der Waals surface area contributed by atoms with Gasteiger partial charge in [0, 0.05) is 11.3 Å². The molecule has 2 aromatic heterocycles. The van der Waals surface area contributed by atoms with E-state index in [9.17, 15) is 14.7 Å². The van der Waals surface area contributed by atoms with Crippen molar-refractivity contribution in [3.63, 3.8) is 0 Å². The van der Waals surface area contributed by atoms with Gasteiger partial charge in [-0.2, -0.15) is 5.10 Å². The summed E-state index contributed by atoms with van der Waals surface area (Å²) in [5, 5.41) is 20.4. The lowest BCUT2D eigenvalue weighted by atomic mass is 10.0. The minimum absolute atomic E-state index is 0.384. The normalized spacial score (nSPS) is 12.2. The van der Waals surface area contributed by atoms with E-state index in [4.69, 9.17) is 0 Å². The number of thiophene rings is 1. The summed E-state index contributed by atoms with van der Waals surface area (Å²) < 4.78 is 0. The summed E-state index contributed by atoms with van der Waals surface area (Å²) in [6.45, 7) is 5.25. The molecule has 6 nitrogen and oxygen atoms in total. The Kier molecular flexibility index (Phi) is 3.89. The molecule has 20 heavy (non-hydrogen) atoms. The number of hydrogen-bond donors (Lipinski definition) is 3. The van der Waals surface area contributed by atoms with Crippen LogP contribution in [0.1, 0.15) is 38.2 Å². The summed E-state index contributed by atoms with van der Waals surface area (Å²) in [5.41, 5.74) is 2.54. The lowest BCUT2D eigenvalue weighted by Crippen LogP contribution is -2.34. The molecule has 0 fully saturated rings. The van der Waals surface area contributed by atoms with Gasteiger partial charge in [0.2, 0.25) is 0 Å². The molecule has 0 aliphatic carbocycles. The Labute approximate surface area is 119 Å². The second kappa shape index (κ2) is 5.46. The first-order valence-electron chi connectivity index (χ1n) is 6.01. The smallest absolute Gasteiger partial charge is 0.331 e. The van der Waals surface area contributed by atoms with Gasteiger partial charge in [0.15, 0.2) is 6.04 Å². The van der Waals surface area contributed by atoms with Crippen LogP contribution in [-0.4, -0.2) is 27.2 Å². The number of rotatable bonds is 4. The topological polar surface area (TPSA) is 95.1 Å². The number of aromatic amines is 1. The molecule has 0 radical (unpaired) electrons. The van der Waals surface area contributed by atoms with E-state index < -0.39 is 12.0 Å². The highest BCUT2D eigenvalue weighted by Crippen LogP contribution is 2.22. The maximum atomic E-state index is 12.2. The molecule has 7 heteroatoms. The molecular weight excluding hydrogens is 278 g/mol. The average molecular weight is 293 g/mol. The van der Waals surface area contributed by atoms with Crippen molar-refractivity contribution in [2.75, 3.05) is 0 Å². The Balaban J connectivity index is 2.30. The number of nitrogens with one attached hydrogen (secondary N) is 2. The number of hydrogen-bond acceptors (Lipinski definition) is 4. The van der Waals surface area contributed by atoms with Crippen LogP contribution in [0.3, 0.4) is 0 Å². The Morgan fingerprint density at radius 2 is 2.10 bits per heavy atom. The van der Waals surface area contributed by atoms with Crippen LogP contribution in [0.4, 0.5) is 0 Å². The highest BCUT2D eigenvalue weighted by Gasteiger charge is 2.28. The predicted octanol–water partition coefficient (Wildman–Crippen LogP) is 1.95. The summed E-state index contributed by atoms with van der Waals surface area (Å²) in [7, 11) is 0. The molecule has 2 heterocycles. The Morgan fingerprint density at radius 3 is 2.55 bits per heavy atom. The Hall–Kier alpha value is -2.15. The quantitative estimate of drug-likeness (QED) is 0.803. The van der Waals surface area contributed by atoms with Gasteiger partial charge >= 0.3 is 5.97 Å². The summed E-state index contributed by atoms with van der Waals surface area (Å²) in [6, 6.07) is 0.715.